The van der Waals surface area contributed by atoms with Gasteiger partial charge < -0.3 is 15.4 Å². The van der Waals surface area contributed by atoms with E-state index in [0.29, 0.717) is 18.4 Å². The molecule has 1 amide bonds. The van der Waals surface area contributed by atoms with Crippen LogP contribution in [0.1, 0.15) is 63.5 Å². The van der Waals surface area contributed by atoms with Gasteiger partial charge in [0.25, 0.3) is 0 Å². The van der Waals surface area contributed by atoms with Crippen LogP contribution in [0.3, 0.4) is 0 Å². The summed E-state index contributed by atoms with van der Waals surface area (Å²) in [6.45, 7) is 10.5. The van der Waals surface area contributed by atoms with Gasteiger partial charge in [0.15, 0.2) is 0 Å². The fraction of sp³-hybridized carbons (Fsp3) is 0.632. The number of anilines is 1. The SMILES string of the molecule is CC(C)c1cccc(C(C)C)c1NC(=O)CNCC1CCCO1.Cl. The lowest BCUT2D eigenvalue weighted by Crippen LogP contribution is -2.34. The van der Waals surface area contributed by atoms with E-state index in [1.165, 1.54) is 11.1 Å². The number of ether oxygens (including phenoxy) is 1. The van der Waals surface area contributed by atoms with Crippen LogP contribution in [0.5, 0.6) is 0 Å². The largest absolute Gasteiger partial charge is 0.377 e. The number of rotatable bonds is 7. The maximum absolute atomic E-state index is 12.3. The normalized spacial score (nSPS) is 17.2. The highest BCUT2D eigenvalue weighted by Crippen LogP contribution is 2.32. The van der Waals surface area contributed by atoms with Gasteiger partial charge in [0, 0.05) is 18.8 Å². The molecule has 2 rings (SSSR count). The molecule has 136 valence electrons. The molecule has 0 aliphatic carbocycles. The Kier molecular flexibility index (Phi) is 8.74. The molecule has 1 aliphatic rings. The number of carbonyl (C=O) groups excluding carboxylic acids is 1. The van der Waals surface area contributed by atoms with Gasteiger partial charge in [-0.3, -0.25) is 4.79 Å². The van der Waals surface area contributed by atoms with Crippen molar-refractivity contribution in [1.82, 2.24) is 5.32 Å². The van der Waals surface area contributed by atoms with E-state index in [9.17, 15) is 4.79 Å². The molecule has 4 nitrogen and oxygen atoms in total. The van der Waals surface area contributed by atoms with Crippen molar-refractivity contribution in [3.63, 3.8) is 0 Å². The summed E-state index contributed by atoms with van der Waals surface area (Å²) in [6.07, 6.45) is 2.47. The molecule has 1 atom stereocenters. The minimum Gasteiger partial charge on any atom is -0.377 e. The molecule has 1 fully saturated rings. The van der Waals surface area contributed by atoms with Gasteiger partial charge >= 0.3 is 0 Å². The molecule has 5 heteroatoms. The molecule has 24 heavy (non-hydrogen) atoms. The molecule has 0 aromatic heterocycles. The van der Waals surface area contributed by atoms with E-state index in [4.69, 9.17) is 4.74 Å². The number of hydrogen-bond acceptors (Lipinski definition) is 3. The third kappa shape index (κ3) is 5.76. The second-order valence-electron chi connectivity index (χ2n) is 6.93. The van der Waals surface area contributed by atoms with Gasteiger partial charge in [0.05, 0.1) is 12.6 Å². The Balaban J connectivity index is 0.00000288. The lowest BCUT2D eigenvalue weighted by Gasteiger charge is -2.20. The van der Waals surface area contributed by atoms with E-state index < -0.39 is 0 Å². The lowest BCUT2D eigenvalue weighted by atomic mass is 9.92. The Bertz CT molecular complexity index is 500. The van der Waals surface area contributed by atoms with Crippen LogP contribution >= 0.6 is 12.4 Å². The van der Waals surface area contributed by atoms with Crippen LogP contribution in [0.15, 0.2) is 18.2 Å². The zero-order valence-corrected chi connectivity index (χ0v) is 16.0. The van der Waals surface area contributed by atoms with Crippen LogP contribution in [0.2, 0.25) is 0 Å². The Morgan fingerprint density at radius 3 is 2.33 bits per heavy atom. The van der Waals surface area contributed by atoms with Gasteiger partial charge in [0.2, 0.25) is 5.91 Å². The summed E-state index contributed by atoms with van der Waals surface area (Å²) < 4.78 is 5.56. The number of nitrogens with one attached hydrogen (secondary N) is 2. The monoisotopic (exact) mass is 354 g/mol. The van der Waals surface area contributed by atoms with Crippen molar-refractivity contribution in [2.24, 2.45) is 0 Å². The predicted octanol–water partition coefficient (Wildman–Crippen LogP) is 4.06. The summed E-state index contributed by atoms with van der Waals surface area (Å²) in [5, 5.41) is 6.33. The number of benzene rings is 1. The van der Waals surface area contributed by atoms with E-state index >= 15 is 0 Å². The predicted molar refractivity (Wildman–Crippen MR) is 102 cm³/mol. The molecule has 1 aromatic rings. The molecule has 0 bridgehead atoms. The Hall–Kier alpha value is -1.10. The second kappa shape index (κ2) is 10.0. The molecule has 1 aromatic carbocycles. The molecular weight excluding hydrogens is 324 g/mol. The van der Waals surface area contributed by atoms with Crippen molar-refractivity contribution in [2.45, 2.75) is 58.5 Å². The number of halogens is 1. The molecule has 0 radical (unpaired) electrons. The van der Waals surface area contributed by atoms with Crippen molar-refractivity contribution in [1.29, 1.82) is 0 Å². The highest BCUT2D eigenvalue weighted by atomic mass is 35.5. The average Bonchev–Trinajstić information content (AvgIpc) is 3.00. The fourth-order valence-electron chi connectivity index (χ4n) is 3.03. The van der Waals surface area contributed by atoms with Crippen molar-refractivity contribution < 1.29 is 9.53 Å². The summed E-state index contributed by atoms with van der Waals surface area (Å²) in [5.41, 5.74) is 3.38. The minimum absolute atomic E-state index is 0. The highest BCUT2D eigenvalue weighted by molar-refractivity contribution is 5.94. The van der Waals surface area contributed by atoms with Gasteiger partial charge in [-0.25, -0.2) is 0 Å². The standard InChI is InChI=1S/C19H30N2O2.ClH/c1-13(2)16-8-5-9-17(14(3)4)19(16)21-18(22)12-20-11-15-7-6-10-23-15;/h5,8-9,13-15,20H,6-7,10-12H2,1-4H3,(H,21,22);1H. The number of amides is 1. The molecule has 0 saturated carbocycles. The summed E-state index contributed by atoms with van der Waals surface area (Å²) in [6, 6.07) is 6.29. The molecule has 0 spiro atoms. The average molecular weight is 355 g/mol. The zero-order chi connectivity index (χ0) is 16.8. The van der Waals surface area contributed by atoms with Crippen LogP contribution < -0.4 is 10.6 Å². The maximum Gasteiger partial charge on any atom is 0.238 e. The van der Waals surface area contributed by atoms with Crippen LogP contribution in [0.4, 0.5) is 5.69 Å². The van der Waals surface area contributed by atoms with Crippen LogP contribution in [0.25, 0.3) is 0 Å². The summed E-state index contributed by atoms with van der Waals surface area (Å²) in [4.78, 5) is 12.3. The lowest BCUT2D eigenvalue weighted by molar-refractivity contribution is -0.115. The van der Waals surface area contributed by atoms with E-state index in [2.05, 4.69) is 56.5 Å². The first-order valence-corrected chi connectivity index (χ1v) is 8.74. The smallest absolute Gasteiger partial charge is 0.238 e. The maximum atomic E-state index is 12.3. The Labute approximate surface area is 152 Å². The minimum atomic E-state index is 0. The van der Waals surface area contributed by atoms with E-state index in [1.807, 2.05) is 0 Å². The van der Waals surface area contributed by atoms with Crippen molar-refractivity contribution in [3.05, 3.63) is 29.3 Å². The number of para-hydroxylation sites is 1. The van der Waals surface area contributed by atoms with Crippen LogP contribution in [-0.2, 0) is 9.53 Å². The summed E-state index contributed by atoms with van der Waals surface area (Å²) in [7, 11) is 0. The fourth-order valence-corrected chi connectivity index (χ4v) is 3.03. The van der Waals surface area contributed by atoms with Gasteiger partial charge in [-0.2, -0.15) is 0 Å². The molecule has 1 unspecified atom stereocenters. The number of carbonyl (C=O) groups is 1. The topological polar surface area (TPSA) is 50.4 Å². The molecule has 1 saturated heterocycles. The first-order chi connectivity index (χ1) is 11.0. The highest BCUT2D eigenvalue weighted by Gasteiger charge is 2.17. The van der Waals surface area contributed by atoms with Crippen molar-refractivity contribution in [2.75, 3.05) is 25.0 Å². The van der Waals surface area contributed by atoms with Gasteiger partial charge in [-0.15, -0.1) is 12.4 Å². The number of hydrogen-bond donors (Lipinski definition) is 2. The Morgan fingerprint density at radius 2 is 1.83 bits per heavy atom. The third-order valence-corrected chi connectivity index (χ3v) is 4.32. The summed E-state index contributed by atoms with van der Waals surface area (Å²) in [5.74, 6) is 0.769. The zero-order valence-electron chi connectivity index (χ0n) is 15.2. The second-order valence-corrected chi connectivity index (χ2v) is 6.93. The van der Waals surface area contributed by atoms with Crippen LogP contribution in [-0.4, -0.2) is 31.7 Å². The van der Waals surface area contributed by atoms with Gasteiger partial charge in [-0.1, -0.05) is 45.9 Å². The van der Waals surface area contributed by atoms with E-state index in [0.717, 1.165) is 31.7 Å². The van der Waals surface area contributed by atoms with Crippen molar-refractivity contribution >= 4 is 24.0 Å². The first kappa shape index (κ1) is 20.9. The molecule has 2 N–H and O–H groups in total. The van der Waals surface area contributed by atoms with E-state index in [1.54, 1.807) is 0 Å². The molecular formula is C19H31ClN2O2. The Morgan fingerprint density at radius 1 is 1.21 bits per heavy atom. The molecule has 1 heterocycles. The third-order valence-electron chi connectivity index (χ3n) is 4.32. The van der Waals surface area contributed by atoms with Gasteiger partial charge in [0.1, 0.15) is 0 Å². The quantitative estimate of drug-likeness (QED) is 0.776. The van der Waals surface area contributed by atoms with Crippen molar-refractivity contribution in [3.8, 4) is 0 Å². The summed E-state index contributed by atoms with van der Waals surface area (Å²) >= 11 is 0. The molecule has 1 aliphatic heterocycles. The van der Waals surface area contributed by atoms with Crippen LogP contribution in [0, 0.1) is 0 Å². The van der Waals surface area contributed by atoms with E-state index in [-0.39, 0.29) is 24.4 Å². The first-order valence-electron chi connectivity index (χ1n) is 8.74. The van der Waals surface area contributed by atoms with Gasteiger partial charge in [-0.05, 0) is 35.8 Å².